The first-order valence-electron chi connectivity index (χ1n) is 12.7. The summed E-state index contributed by atoms with van der Waals surface area (Å²) in [4.78, 5) is 13.3. The first-order valence-corrected chi connectivity index (χ1v) is 12.7. The van der Waals surface area contributed by atoms with Crippen LogP contribution in [0.3, 0.4) is 0 Å². The Bertz CT molecular complexity index is 1300. The van der Waals surface area contributed by atoms with Crippen LogP contribution in [0, 0.1) is 0 Å². The third-order valence-electron chi connectivity index (χ3n) is 7.08. The van der Waals surface area contributed by atoms with Crippen LogP contribution in [0.15, 0.2) is 42.2 Å². The number of ether oxygens (including phenoxy) is 5. The number of benzene rings is 2. The number of allylic oxidation sites excluding steroid dienone is 1. The number of aliphatic hydroxyl groups is 6. The van der Waals surface area contributed by atoms with E-state index in [-0.39, 0.29) is 34.3 Å². The monoisotopic (exact) mass is 578 g/mol. The quantitative estimate of drug-likeness (QED) is 0.187. The van der Waals surface area contributed by atoms with Crippen molar-refractivity contribution in [3.63, 3.8) is 0 Å². The summed E-state index contributed by atoms with van der Waals surface area (Å²) in [5, 5.41) is 81.4. The molecule has 0 saturated carbocycles. The maximum atomic E-state index is 13.3. The summed E-state index contributed by atoms with van der Waals surface area (Å²) in [6, 6.07) is 8.21. The van der Waals surface area contributed by atoms with Crippen molar-refractivity contribution < 1.29 is 69.3 Å². The molecule has 0 amide bonds. The Morgan fingerprint density at radius 1 is 0.854 bits per heavy atom. The summed E-state index contributed by atoms with van der Waals surface area (Å²) in [6.07, 6.45) is -14.2. The fourth-order valence-corrected chi connectivity index (χ4v) is 4.78. The number of ketones is 1. The zero-order valence-corrected chi connectivity index (χ0v) is 21.5. The maximum absolute atomic E-state index is 13.3. The Kier molecular flexibility index (Phi) is 8.20. The molecule has 222 valence electrons. The molecule has 0 aromatic heterocycles. The van der Waals surface area contributed by atoms with Gasteiger partial charge < -0.3 is 64.5 Å². The second-order valence-electron chi connectivity index (χ2n) is 9.95. The standard InChI is InChI=1S/C27H30O14/c1-10-19(31)22(34)24(36)26(37-10)41-25-23(35)21(33)17(9-28)40-27(25)39-15-8-13(30)7-14-18(15)20(32)16(38-14)6-11-2-4-12(29)5-3-11/h2-8,10,17,19,21-31,33-36H,9H2,1H3/t10?,17?,19-,21+,22?,23-,24-,25?,26-,27+/m0/s1. The SMILES string of the molecule is CC1O[C@@H](OC2[C@H](Oc3cc(O)cc4c3C(=O)C(=Cc3ccc(O)cc3)O4)OC(CO)[C@@H](O)[C@@H]2O)[C@@H](O)C(O)[C@H]1O. The van der Waals surface area contributed by atoms with Crippen LogP contribution >= 0.6 is 0 Å². The molecule has 3 aliphatic rings. The van der Waals surface area contributed by atoms with Crippen molar-refractivity contribution in [1.82, 2.24) is 0 Å². The van der Waals surface area contributed by atoms with Gasteiger partial charge in [-0.1, -0.05) is 12.1 Å². The number of hydrogen-bond acceptors (Lipinski definition) is 14. The minimum atomic E-state index is -1.79. The van der Waals surface area contributed by atoms with Gasteiger partial charge in [0.05, 0.1) is 12.7 Å². The molecule has 5 rings (SSSR count). The molecule has 2 aromatic rings. The summed E-state index contributed by atoms with van der Waals surface area (Å²) in [5.41, 5.74) is 0.419. The second-order valence-corrected chi connectivity index (χ2v) is 9.95. The number of phenolic OH excluding ortho intramolecular Hbond substituents is 2. The molecule has 41 heavy (non-hydrogen) atoms. The minimum absolute atomic E-state index is 0.0266. The highest BCUT2D eigenvalue weighted by Gasteiger charge is 2.51. The summed E-state index contributed by atoms with van der Waals surface area (Å²) in [6.45, 7) is 0.675. The minimum Gasteiger partial charge on any atom is -0.508 e. The fraction of sp³-hybridized carbons (Fsp3) is 0.444. The van der Waals surface area contributed by atoms with Gasteiger partial charge >= 0.3 is 0 Å². The molecule has 0 radical (unpaired) electrons. The number of aliphatic hydroxyl groups excluding tert-OH is 6. The van der Waals surface area contributed by atoms with Crippen molar-refractivity contribution >= 4 is 11.9 Å². The van der Waals surface area contributed by atoms with Gasteiger partial charge in [0.2, 0.25) is 12.1 Å². The van der Waals surface area contributed by atoms with Gasteiger partial charge in [-0.05, 0) is 30.7 Å². The number of fused-ring (bicyclic) bond motifs is 1. The molecule has 3 heterocycles. The van der Waals surface area contributed by atoms with Gasteiger partial charge in [-0.15, -0.1) is 0 Å². The Hall–Kier alpha value is -3.31. The average molecular weight is 579 g/mol. The zero-order chi connectivity index (χ0) is 29.6. The third-order valence-corrected chi connectivity index (χ3v) is 7.08. The maximum Gasteiger partial charge on any atom is 0.235 e. The number of carbonyl (C=O) groups is 1. The van der Waals surface area contributed by atoms with Gasteiger partial charge in [-0.2, -0.15) is 0 Å². The lowest BCUT2D eigenvalue weighted by molar-refractivity contribution is -0.354. The van der Waals surface area contributed by atoms with E-state index in [0.29, 0.717) is 5.56 Å². The molecule has 2 saturated heterocycles. The van der Waals surface area contributed by atoms with Crippen LogP contribution in [0.2, 0.25) is 0 Å². The highest BCUT2D eigenvalue weighted by Crippen LogP contribution is 2.43. The Balaban J connectivity index is 1.45. The fourth-order valence-electron chi connectivity index (χ4n) is 4.78. The molecular formula is C27H30O14. The lowest BCUT2D eigenvalue weighted by atomic mass is 9.97. The van der Waals surface area contributed by atoms with Crippen LogP contribution in [0.5, 0.6) is 23.0 Å². The lowest BCUT2D eigenvalue weighted by Gasteiger charge is -2.45. The molecular weight excluding hydrogens is 548 g/mol. The second kappa shape index (κ2) is 11.5. The average Bonchev–Trinajstić information content (AvgIpc) is 3.25. The predicted molar refractivity (Wildman–Crippen MR) is 135 cm³/mol. The number of Topliss-reactive ketones (excluding diaryl/α,β-unsaturated/α-hetero) is 1. The molecule has 14 heteroatoms. The highest BCUT2D eigenvalue weighted by atomic mass is 16.8. The van der Waals surface area contributed by atoms with E-state index in [1.54, 1.807) is 12.1 Å². The topological polar surface area (TPSA) is 225 Å². The van der Waals surface area contributed by atoms with Crippen LogP contribution in [-0.4, -0.2) is 115 Å². The smallest absolute Gasteiger partial charge is 0.235 e. The van der Waals surface area contributed by atoms with Gasteiger partial charge in [-0.3, -0.25) is 4.79 Å². The molecule has 3 aliphatic heterocycles. The van der Waals surface area contributed by atoms with E-state index in [1.165, 1.54) is 31.2 Å². The molecule has 4 unspecified atom stereocenters. The van der Waals surface area contributed by atoms with Crippen molar-refractivity contribution in [2.75, 3.05) is 6.61 Å². The number of rotatable bonds is 6. The highest BCUT2D eigenvalue weighted by molar-refractivity contribution is 6.16. The van der Waals surface area contributed by atoms with E-state index >= 15 is 0 Å². The Labute approximate surface area is 232 Å². The van der Waals surface area contributed by atoms with Crippen molar-refractivity contribution in [2.24, 2.45) is 0 Å². The van der Waals surface area contributed by atoms with E-state index in [9.17, 15) is 45.6 Å². The van der Waals surface area contributed by atoms with Crippen LogP contribution in [0.4, 0.5) is 0 Å². The predicted octanol–water partition coefficient (Wildman–Crippen LogP) is -1.26. The van der Waals surface area contributed by atoms with E-state index in [1.807, 2.05) is 0 Å². The normalized spacial score (nSPS) is 36.2. The number of aromatic hydroxyl groups is 2. The molecule has 2 fully saturated rings. The summed E-state index contributed by atoms with van der Waals surface area (Å²) in [7, 11) is 0. The first-order chi connectivity index (χ1) is 19.5. The van der Waals surface area contributed by atoms with Crippen LogP contribution in [-0.2, 0) is 14.2 Å². The van der Waals surface area contributed by atoms with Crippen LogP contribution in [0.1, 0.15) is 22.8 Å². The largest absolute Gasteiger partial charge is 0.508 e. The number of phenols is 2. The van der Waals surface area contributed by atoms with E-state index in [2.05, 4.69) is 0 Å². The van der Waals surface area contributed by atoms with Crippen LogP contribution < -0.4 is 9.47 Å². The van der Waals surface area contributed by atoms with Gasteiger partial charge in [-0.25, -0.2) is 0 Å². The Morgan fingerprint density at radius 2 is 1.56 bits per heavy atom. The lowest BCUT2D eigenvalue weighted by Crippen LogP contribution is -2.64. The molecule has 0 spiro atoms. The molecule has 8 N–H and O–H groups in total. The third kappa shape index (κ3) is 5.61. The van der Waals surface area contributed by atoms with E-state index < -0.39 is 73.8 Å². The van der Waals surface area contributed by atoms with Crippen LogP contribution in [0.25, 0.3) is 6.08 Å². The van der Waals surface area contributed by atoms with Crippen molar-refractivity contribution in [3.05, 3.63) is 53.3 Å². The van der Waals surface area contributed by atoms with Gasteiger partial charge in [0.15, 0.2) is 18.2 Å². The first kappa shape index (κ1) is 29.2. The van der Waals surface area contributed by atoms with Gasteiger partial charge in [0.1, 0.15) is 65.2 Å². The van der Waals surface area contributed by atoms with Gasteiger partial charge in [0, 0.05) is 12.1 Å². The van der Waals surface area contributed by atoms with Gasteiger partial charge in [0.25, 0.3) is 0 Å². The van der Waals surface area contributed by atoms with E-state index in [4.69, 9.17) is 23.7 Å². The summed E-state index contributed by atoms with van der Waals surface area (Å²) < 4.78 is 28.3. The molecule has 2 aromatic carbocycles. The summed E-state index contributed by atoms with van der Waals surface area (Å²) >= 11 is 0. The number of carbonyl (C=O) groups excluding carboxylic acids is 1. The van der Waals surface area contributed by atoms with Crippen molar-refractivity contribution in [2.45, 2.75) is 68.3 Å². The summed E-state index contributed by atoms with van der Waals surface area (Å²) in [5.74, 6) is -1.40. The number of hydrogen-bond donors (Lipinski definition) is 8. The zero-order valence-electron chi connectivity index (χ0n) is 21.5. The Morgan fingerprint density at radius 3 is 2.24 bits per heavy atom. The molecule has 14 nitrogen and oxygen atoms in total. The van der Waals surface area contributed by atoms with Crippen molar-refractivity contribution in [3.8, 4) is 23.0 Å². The van der Waals surface area contributed by atoms with E-state index in [0.717, 1.165) is 6.07 Å². The molecule has 0 aliphatic carbocycles. The van der Waals surface area contributed by atoms with Crippen molar-refractivity contribution in [1.29, 1.82) is 0 Å². The molecule has 10 atom stereocenters. The molecule has 0 bridgehead atoms.